The van der Waals surface area contributed by atoms with Crippen LogP contribution < -0.4 is 28.5 Å². The predicted octanol–water partition coefficient (Wildman–Crippen LogP) is 4.88. The van der Waals surface area contributed by atoms with Gasteiger partial charge in [-0.1, -0.05) is 30.3 Å². The average Bonchev–Trinajstić information content (AvgIpc) is 2.94. The zero-order valence-electron chi connectivity index (χ0n) is 21.2. The summed E-state index contributed by atoms with van der Waals surface area (Å²) < 4.78 is 71.6. The fourth-order valence-electron chi connectivity index (χ4n) is 3.41. The van der Waals surface area contributed by atoms with E-state index < -0.39 is 26.3 Å². The summed E-state index contributed by atoms with van der Waals surface area (Å²) in [5, 5.41) is 5.07. The second-order valence-corrected chi connectivity index (χ2v) is 11.1. The standard InChI is InChI=1S/C27H24N2O9S2/c1-35-20-9-6-12-23(17-20)39(31,32)37-22-11-5-8-19(16-22)28-27(30)29-25-14-3-4-15-26(25)38-40(33,34)24-13-7-10-21(18-24)36-2/h3-18H,1-2H3,(H2,28,29,30). The Kier molecular flexibility index (Phi) is 8.46. The molecule has 4 aromatic carbocycles. The number of nitrogens with one attached hydrogen (secondary N) is 2. The van der Waals surface area contributed by atoms with Gasteiger partial charge in [0.15, 0.2) is 5.75 Å². The van der Waals surface area contributed by atoms with Crippen molar-refractivity contribution in [2.75, 3.05) is 24.9 Å². The Labute approximate surface area is 231 Å². The summed E-state index contributed by atoms with van der Waals surface area (Å²) in [7, 11) is -5.60. The van der Waals surface area contributed by atoms with E-state index in [0.717, 1.165) is 0 Å². The Morgan fingerprint density at radius 2 is 1.15 bits per heavy atom. The van der Waals surface area contributed by atoms with Crippen molar-refractivity contribution in [2.45, 2.75) is 9.79 Å². The first-order chi connectivity index (χ1) is 19.1. The molecule has 4 aromatic rings. The highest BCUT2D eigenvalue weighted by atomic mass is 32.2. The van der Waals surface area contributed by atoms with Crippen LogP contribution in [0.1, 0.15) is 0 Å². The number of rotatable bonds is 10. The first-order valence-electron chi connectivity index (χ1n) is 11.5. The number of urea groups is 1. The van der Waals surface area contributed by atoms with Gasteiger partial charge in [-0.2, -0.15) is 16.8 Å². The predicted molar refractivity (Wildman–Crippen MR) is 147 cm³/mol. The molecule has 11 nitrogen and oxygen atoms in total. The van der Waals surface area contributed by atoms with Crippen molar-refractivity contribution in [2.24, 2.45) is 0 Å². The lowest BCUT2D eigenvalue weighted by molar-refractivity contribution is 0.262. The van der Waals surface area contributed by atoms with E-state index in [0.29, 0.717) is 11.5 Å². The van der Waals surface area contributed by atoms with Crippen molar-refractivity contribution < 1.29 is 39.5 Å². The topological polar surface area (TPSA) is 146 Å². The van der Waals surface area contributed by atoms with E-state index in [2.05, 4.69) is 10.6 Å². The molecule has 0 aliphatic rings. The minimum absolute atomic E-state index is 0.0475. The normalized spacial score (nSPS) is 11.2. The molecule has 0 fully saturated rings. The first-order valence-corrected chi connectivity index (χ1v) is 14.4. The number of para-hydroxylation sites is 2. The summed E-state index contributed by atoms with van der Waals surface area (Å²) in [5.74, 6) is 0.506. The van der Waals surface area contributed by atoms with Gasteiger partial charge in [-0.3, -0.25) is 0 Å². The molecule has 0 saturated heterocycles. The Hall–Kier alpha value is -4.75. The summed E-state index contributed by atoms with van der Waals surface area (Å²) >= 11 is 0. The van der Waals surface area contributed by atoms with Crippen LogP contribution in [-0.4, -0.2) is 37.1 Å². The van der Waals surface area contributed by atoms with Crippen LogP contribution in [-0.2, 0) is 20.2 Å². The maximum atomic E-state index is 12.8. The average molecular weight is 585 g/mol. The molecule has 0 atom stereocenters. The van der Waals surface area contributed by atoms with Gasteiger partial charge in [0.05, 0.1) is 19.9 Å². The van der Waals surface area contributed by atoms with E-state index in [1.54, 1.807) is 24.3 Å². The second kappa shape index (κ2) is 12.0. The Bertz CT molecular complexity index is 1740. The maximum Gasteiger partial charge on any atom is 0.339 e. The molecule has 0 aromatic heterocycles. The van der Waals surface area contributed by atoms with Gasteiger partial charge in [-0.15, -0.1) is 0 Å². The third-order valence-electron chi connectivity index (χ3n) is 5.29. The van der Waals surface area contributed by atoms with E-state index in [-0.39, 0.29) is 32.7 Å². The Morgan fingerprint density at radius 1 is 0.600 bits per heavy atom. The molecule has 2 amide bonds. The summed E-state index contributed by atoms with van der Waals surface area (Å²) in [5.41, 5.74) is 0.276. The lowest BCUT2D eigenvalue weighted by atomic mass is 10.3. The van der Waals surface area contributed by atoms with Crippen molar-refractivity contribution in [3.05, 3.63) is 97.1 Å². The number of hydrogen-bond acceptors (Lipinski definition) is 9. The molecule has 0 spiro atoms. The molecule has 13 heteroatoms. The number of anilines is 2. The van der Waals surface area contributed by atoms with Gasteiger partial charge in [0.1, 0.15) is 27.0 Å². The third kappa shape index (κ3) is 7.01. The van der Waals surface area contributed by atoms with Gasteiger partial charge in [0.25, 0.3) is 0 Å². The van der Waals surface area contributed by atoms with E-state index in [1.165, 1.54) is 87.0 Å². The number of carbonyl (C=O) groups excluding carboxylic acids is 1. The SMILES string of the molecule is COc1cccc(S(=O)(=O)Oc2cccc(NC(=O)Nc3ccccc3OS(=O)(=O)c3cccc(OC)c3)c2)c1. The molecule has 0 aliphatic heterocycles. The second-order valence-electron chi connectivity index (χ2n) is 8.04. The van der Waals surface area contributed by atoms with Crippen LogP contribution in [0.3, 0.4) is 0 Å². The van der Waals surface area contributed by atoms with Gasteiger partial charge in [0, 0.05) is 23.9 Å². The first kappa shape index (κ1) is 28.3. The van der Waals surface area contributed by atoms with Crippen LogP contribution in [0.15, 0.2) is 107 Å². The molecule has 0 saturated carbocycles. The number of hydrogen-bond donors (Lipinski definition) is 2. The van der Waals surface area contributed by atoms with Crippen LogP contribution in [0.4, 0.5) is 16.2 Å². The van der Waals surface area contributed by atoms with Crippen molar-refractivity contribution >= 4 is 37.6 Å². The maximum absolute atomic E-state index is 12.8. The third-order valence-corrected chi connectivity index (χ3v) is 7.77. The van der Waals surface area contributed by atoms with Gasteiger partial charge in [-0.05, 0) is 48.5 Å². The molecule has 0 aliphatic carbocycles. The number of amides is 2. The molecular weight excluding hydrogens is 560 g/mol. The fourth-order valence-corrected chi connectivity index (χ4v) is 5.35. The molecule has 4 rings (SSSR count). The number of carbonyl (C=O) groups is 1. The summed E-state index contributed by atoms with van der Waals surface area (Å²) in [6, 6.07) is 22.5. The van der Waals surface area contributed by atoms with E-state index in [4.69, 9.17) is 17.8 Å². The molecule has 0 heterocycles. The van der Waals surface area contributed by atoms with Crippen LogP contribution in [0.25, 0.3) is 0 Å². The van der Waals surface area contributed by atoms with Crippen molar-refractivity contribution in [3.8, 4) is 23.0 Å². The van der Waals surface area contributed by atoms with Crippen LogP contribution in [0.2, 0.25) is 0 Å². The largest absolute Gasteiger partial charge is 0.497 e. The van der Waals surface area contributed by atoms with E-state index >= 15 is 0 Å². The molecule has 208 valence electrons. The highest BCUT2D eigenvalue weighted by molar-refractivity contribution is 7.87. The van der Waals surface area contributed by atoms with Gasteiger partial charge < -0.3 is 28.5 Å². The minimum atomic E-state index is -4.25. The van der Waals surface area contributed by atoms with Crippen LogP contribution in [0.5, 0.6) is 23.0 Å². The van der Waals surface area contributed by atoms with Crippen molar-refractivity contribution in [1.29, 1.82) is 0 Å². The highest BCUT2D eigenvalue weighted by Crippen LogP contribution is 2.29. The molecule has 0 bridgehead atoms. The zero-order chi connectivity index (χ0) is 28.8. The Morgan fingerprint density at radius 3 is 1.77 bits per heavy atom. The minimum Gasteiger partial charge on any atom is -0.497 e. The van der Waals surface area contributed by atoms with Gasteiger partial charge in [-0.25, -0.2) is 4.79 Å². The summed E-state index contributed by atoms with van der Waals surface area (Å²) in [6.07, 6.45) is 0. The van der Waals surface area contributed by atoms with E-state index in [1.807, 2.05) is 0 Å². The highest BCUT2D eigenvalue weighted by Gasteiger charge is 2.21. The lowest BCUT2D eigenvalue weighted by Gasteiger charge is -2.14. The molecular formula is C27H24N2O9S2. The Balaban J connectivity index is 1.46. The lowest BCUT2D eigenvalue weighted by Crippen LogP contribution is -2.20. The molecule has 2 N–H and O–H groups in total. The summed E-state index contributed by atoms with van der Waals surface area (Å²) in [4.78, 5) is 12.5. The number of ether oxygens (including phenoxy) is 2. The quantitative estimate of drug-likeness (QED) is 0.249. The van der Waals surface area contributed by atoms with Gasteiger partial charge >= 0.3 is 26.3 Å². The zero-order valence-corrected chi connectivity index (χ0v) is 22.9. The van der Waals surface area contributed by atoms with Crippen molar-refractivity contribution in [3.63, 3.8) is 0 Å². The van der Waals surface area contributed by atoms with E-state index in [9.17, 15) is 21.6 Å². The fraction of sp³-hybridized carbons (Fsp3) is 0.0741. The summed E-state index contributed by atoms with van der Waals surface area (Å²) in [6.45, 7) is 0. The van der Waals surface area contributed by atoms with Gasteiger partial charge in [0.2, 0.25) is 0 Å². The van der Waals surface area contributed by atoms with Crippen LogP contribution in [0, 0.1) is 0 Å². The molecule has 40 heavy (non-hydrogen) atoms. The number of methoxy groups -OCH3 is 2. The van der Waals surface area contributed by atoms with Crippen molar-refractivity contribution in [1.82, 2.24) is 0 Å². The monoisotopic (exact) mass is 584 g/mol. The number of benzene rings is 4. The molecule has 0 radical (unpaired) electrons. The smallest absolute Gasteiger partial charge is 0.339 e. The molecule has 0 unspecified atom stereocenters. The van der Waals surface area contributed by atoms with Crippen LogP contribution >= 0.6 is 0 Å².